The van der Waals surface area contributed by atoms with Gasteiger partial charge in [-0.1, -0.05) is 30.6 Å². The van der Waals surface area contributed by atoms with Gasteiger partial charge >= 0.3 is 0 Å². The molecule has 1 aromatic heterocycles. The van der Waals surface area contributed by atoms with Gasteiger partial charge in [-0.25, -0.2) is 8.42 Å². The summed E-state index contributed by atoms with van der Waals surface area (Å²) in [6.07, 6.45) is 4.54. The molecule has 1 aromatic carbocycles. The fourth-order valence-corrected chi connectivity index (χ4v) is 3.98. The minimum Gasteiger partial charge on any atom is -0.494 e. The summed E-state index contributed by atoms with van der Waals surface area (Å²) >= 11 is 0. The van der Waals surface area contributed by atoms with Crippen molar-refractivity contribution in [1.29, 1.82) is 0 Å². The third-order valence-electron chi connectivity index (χ3n) is 4.86. The summed E-state index contributed by atoms with van der Waals surface area (Å²) in [5.41, 5.74) is 2.46. The van der Waals surface area contributed by atoms with Crippen LogP contribution in [0.25, 0.3) is 0 Å². The molecule has 0 amide bonds. The Hall–Kier alpha value is -2.15. The van der Waals surface area contributed by atoms with Gasteiger partial charge in [0.15, 0.2) is 11.5 Å². The van der Waals surface area contributed by atoms with Crippen LogP contribution < -0.4 is 4.74 Å². The van der Waals surface area contributed by atoms with Gasteiger partial charge in [0.25, 0.3) is 0 Å². The predicted molar refractivity (Wildman–Crippen MR) is 102 cm³/mol. The summed E-state index contributed by atoms with van der Waals surface area (Å²) in [5.74, 6) is 1.93. The number of fused-ring (bicyclic) bond motifs is 1. The van der Waals surface area contributed by atoms with Crippen LogP contribution in [0, 0.1) is 5.92 Å². The lowest BCUT2D eigenvalue weighted by atomic mass is 9.84. The molecule has 0 bridgehead atoms. The Labute approximate surface area is 159 Å². The van der Waals surface area contributed by atoms with Crippen LogP contribution in [-0.2, 0) is 22.7 Å². The van der Waals surface area contributed by atoms with E-state index >= 15 is 0 Å². The van der Waals surface area contributed by atoms with Crippen molar-refractivity contribution >= 4 is 15.6 Å². The van der Waals surface area contributed by atoms with Crippen molar-refractivity contribution in [3.63, 3.8) is 0 Å². The SMILES string of the molecule is CCC1CC(=O)c2c(noc2Cc2ccc(OCCCS(C)(=O)=O)cc2)C1. The van der Waals surface area contributed by atoms with Crippen LogP contribution in [-0.4, -0.2) is 38.0 Å². The van der Waals surface area contributed by atoms with Gasteiger partial charge in [-0.2, -0.15) is 0 Å². The zero-order chi connectivity index (χ0) is 19.4. The Morgan fingerprint density at radius 1 is 1.22 bits per heavy atom. The van der Waals surface area contributed by atoms with Crippen LogP contribution >= 0.6 is 0 Å². The fraction of sp³-hybridized carbons (Fsp3) is 0.500. The Morgan fingerprint density at radius 3 is 2.63 bits per heavy atom. The maximum absolute atomic E-state index is 12.4. The molecule has 146 valence electrons. The fourth-order valence-electron chi connectivity index (χ4n) is 3.34. The number of carbonyl (C=O) groups is 1. The van der Waals surface area contributed by atoms with Gasteiger partial charge in [0.1, 0.15) is 15.6 Å². The minimum atomic E-state index is -2.96. The molecule has 2 aromatic rings. The normalized spacial score (nSPS) is 17.0. The van der Waals surface area contributed by atoms with Crippen molar-refractivity contribution in [2.75, 3.05) is 18.6 Å². The number of carbonyl (C=O) groups excluding carboxylic acids is 1. The highest BCUT2D eigenvalue weighted by Crippen LogP contribution is 2.30. The van der Waals surface area contributed by atoms with Crippen LogP contribution in [0.3, 0.4) is 0 Å². The number of nitrogens with zero attached hydrogens (tertiary/aromatic N) is 1. The highest BCUT2D eigenvalue weighted by molar-refractivity contribution is 7.90. The first kappa shape index (κ1) is 19.6. The zero-order valence-corrected chi connectivity index (χ0v) is 16.5. The van der Waals surface area contributed by atoms with E-state index in [2.05, 4.69) is 12.1 Å². The lowest BCUT2D eigenvalue weighted by Gasteiger charge is -2.18. The van der Waals surface area contributed by atoms with E-state index in [0.29, 0.717) is 48.9 Å². The summed E-state index contributed by atoms with van der Waals surface area (Å²) in [6, 6.07) is 7.52. The van der Waals surface area contributed by atoms with E-state index in [0.717, 1.165) is 24.1 Å². The Morgan fingerprint density at radius 2 is 1.96 bits per heavy atom. The van der Waals surface area contributed by atoms with Gasteiger partial charge in [-0.05, 0) is 36.5 Å². The third kappa shape index (κ3) is 5.19. The summed E-state index contributed by atoms with van der Waals surface area (Å²) in [6.45, 7) is 2.45. The first-order chi connectivity index (χ1) is 12.9. The highest BCUT2D eigenvalue weighted by atomic mass is 32.2. The minimum absolute atomic E-state index is 0.120. The monoisotopic (exact) mass is 391 g/mol. The first-order valence-corrected chi connectivity index (χ1v) is 11.3. The number of hydrogen-bond acceptors (Lipinski definition) is 6. The van der Waals surface area contributed by atoms with Crippen LogP contribution in [0.4, 0.5) is 0 Å². The molecule has 1 atom stereocenters. The van der Waals surface area contributed by atoms with Crippen molar-refractivity contribution in [2.45, 2.75) is 39.0 Å². The molecule has 27 heavy (non-hydrogen) atoms. The van der Waals surface area contributed by atoms with Gasteiger partial charge in [0.2, 0.25) is 0 Å². The van der Waals surface area contributed by atoms with Crippen LogP contribution in [0.2, 0.25) is 0 Å². The van der Waals surface area contributed by atoms with Crippen molar-refractivity contribution in [1.82, 2.24) is 5.16 Å². The summed E-state index contributed by atoms with van der Waals surface area (Å²) in [4.78, 5) is 12.4. The summed E-state index contributed by atoms with van der Waals surface area (Å²) in [7, 11) is -2.96. The molecule has 1 aliphatic carbocycles. The van der Waals surface area contributed by atoms with E-state index in [1.165, 1.54) is 6.26 Å². The van der Waals surface area contributed by atoms with E-state index in [-0.39, 0.29) is 11.5 Å². The lowest BCUT2D eigenvalue weighted by molar-refractivity contribution is 0.0946. The van der Waals surface area contributed by atoms with Crippen molar-refractivity contribution in [3.8, 4) is 5.75 Å². The molecule has 0 saturated carbocycles. The molecule has 0 saturated heterocycles. The summed E-state index contributed by atoms with van der Waals surface area (Å²) < 4.78 is 33.2. The number of ketones is 1. The van der Waals surface area contributed by atoms with Crippen molar-refractivity contribution < 1.29 is 22.5 Å². The number of hydrogen-bond donors (Lipinski definition) is 0. The standard InChI is InChI=1S/C20H25NO5S/c1-3-14-11-17-20(18(22)12-14)19(26-21-17)13-15-5-7-16(8-6-15)25-9-4-10-27(2,23)24/h5-8,14H,3-4,9-13H2,1-2H3. The number of rotatable bonds is 8. The molecule has 0 radical (unpaired) electrons. The van der Waals surface area contributed by atoms with Gasteiger partial charge in [0.05, 0.1) is 23.6 Å². The van der Waals surface area contributed by atoms with Gasteiger partial charge in [-0.15, -0.1) is 0 Å². The lowest BCUT2D eigenvalue weighted by Crippen LogP contribution is -2.19. The molecule has 1 aliphatic rings. The van der Waals surface area contributed by atoms with Gasteiger partial charge in [-0.3, -0.25) is 4.79 Å². The van der Waals surface area contributed by atoms with E-state index in [1.54, 1.807) is 0 Å². The zero-order valence-electron chi connectivity index (χ0n) is 15.7. The molecule has 7 heteroatoms. The highest BCUT2D eigenvalue weighted by Gasteiger charge is 2.30. The number of ether oxygens (including phenoxy) is 1. The average molecular weight is 391 g/mol. The second-order valence-corrected chi connectivity index (χ2v) is 9.45. The van der Waals surface area contributed by atoms with E-state index in [1.807, 2.05) is 24.3 Å². The smallest absolute Gasteiger partial charge is 0.168 e. The van der Waals surface area contributed by atoms with E-state index in [4.69, 9.17) is 9.26 Å². The molecular formula is C20H25NO5S. The quantitative estimate of drug-likeness (QED) is 0.642. The third-order valence-corrected chi connectivity index (χ3v) is 5.89. The second-order valence-electron chi connectivity index (χ2n) is 7.19. The molecule has 1 heterocycles. The molecule has 0 spiro atoms. The maximum Gasteiger partial charge on any atom is 0.168 e. The Bertz CT molecular complexity index is 899. The van der Waals surface area contributed by atoms with Crippen LogP contribution in [0.1, 0.15) is 53.6 Å². The van der Waals surface area contributed by atoms with E-state index in [9.17, 15) is 13.2 Å². The first-order valence-electron chi connectivity index (χ1n) is 9.25. The number of Topliss-reactive ketones (excluding diaryl/α,β-unsaturated/α-hetero) is 1. The van der Waals surface area contributed by atoms with Crippen LogP contribution in [0.15, 0.2) is 28.8 Å². The predicted octanol–water partition coefficient (Wildman–Crippen LogP) is 3.23. The van der Waals surface area contributed by atoms with Crippen LogP contribution in [0.5, 0.6) is 5.75 Å². The van der Waals surface area contributed by atoms with E-state index < -0.39 is 9.84 Å². The number of sulfone groups is 1. The maximum atomic E-state index is 12.4. The van der Waals surface area contributed by atoms with Gasteiger partial charge in [0, 0.05) is 19.1 Å². The molecule has 0 N–H and O–H groups in total. The topological polar surface area (TPSA) is 86.5 Å². The Balaban J connectivity index is 1.60. The number of benzene rings is 1. The largest absolute Gasteiger partial charge is 0.494 e. The molecule has 6 nitrogen and oxygen atoms in total. The molecule has 1 unspecified atom stereocenters. The molecule has 3 rings (SSSR count). The summed E-state index contributed by atoms with van der Waals surface area (Å²) in [5, 5.41) is 4.12. The Kier molecular flexibility index (Phi) is 5.99. The molecule has 0 fully saturated rings. The number of aromatic nitrogens is 1. The van der Waals surface area contributed by atoms with Crippen molar-refractivity contribution in [3.05, 3.63) is 46.8 Å². The average Bonchev–Trinajstić information content (AvgIpc) is 3.02. The molecular weight excluding hydrogens is 366 g/mol. The van der Waals surface area contributed by atoms with Gasteiger partial charge < -0.3 is 9.26 Å². The molecule has 0 aliphatic heterocycles. The second kappa shape index (κ2) is 8.25. The van der Waals surface area contributed by atoms with Crippen molar-refractivity contribution in [2.24, 2.45) is 5.92 Å².